The molecule has 2 rings (SSSR count). The number of hydrogen-bond donors (Lipinski definition) is 1. The molecule has 0 saturated heterocycles. The van der Waals surface area contributed by atoms with E-state index in [2.05, 4.69) is 51.2 Å². The smallest absolute Gasteiger partial charge is 0.121 e. The molecule has 1 aliphatic carbocycles. The third kappa shape index (κ3) is 4.43. The zero-order valence-electron chi connectivity index (χ0n) is 13.4. The predicted molar refractivity (Wildman–Crippen MR) is 86.4 cm³/mol. The SMILES string of the molecule is CCCOc1cccc(NC2CC(C)CC(C)(C)C2)c1. The maximum absolute atomic E-state index is 5.71. The van der Waals surface area contributed by atoms with Gasteiger partial charge in [0.25, 0.3) is 0 Å². The molecular weight excluding hydrogens is 246 g/mol. The molecule has 2 heteroatoms. The van der Waals surface area contributed by atoms with Gasteiger partial charge in [0.05, 0.1) is 6.61 Å². The summed E-state index contributed by atoms with van der Waals surface area (Å²) in [5, 5.41) is 3.70. The summed E-state index contributed by atoms with van der Waals surface area (Å²) in [6, 6.07) is 8.96. The van der Waals surface area contributed by atoms with Crippen molar-refractivity contribution < 1.29 is 4.74 Å². The Morgan fingerprint density at radius 3 is 2.80 bits per heavy atom. The van der Waals surface area contributed by atoms with Crippen LogP contribution >= 0.6 is 0 Å². The van der Waals surface area contributed by atoms with Gasteiger partial charge in [-0.2, -0.15) is 0 Å². The fourth-order valence-electron chi connectivity index (χ4n) is 3.59. The van der Waals surface area contributed by atoms with Crippen molar-refractivity contribution in [3.8, 4) is 5.75 Å². The second-order valence-corrected chi connectivity index (χ2v) is 7.13. The Labute approximate surface area is 123 Å². The summed E-state index contributed by atoms with van der Waals surface area (Å²) < 4.78 is 5.71. The molecule has 0 aromatic heterocycles. The van der Waals surface area contributed by atoms with Crippen molar-refractivity contribution in [3.63, 3.8) is 0 Å². The highest BCUT2D eigenvalue weighted by Crippen LogP contribution is 2.39. The molecule has 1 fully saturated rings. The third-order valence-corrected chi connectivity index (χ3v) is 4.06. The van der Waals surface area contributed by atoms with E-state index in [1.165, 1.54) is 24.9 Å². The average Bonchev–Trinajstić information content (AvgIpc) is 2.34. The topological polar surface area (TPSA) is 21.3 Å². The standard InChI is InChI=1S/C18H29NO/c1-5-9-20-17-8-6-7-15(11-17)19-16-10-14(2)12-18(3,4)13-16/h6-8,11,14,16,19H,5,9-10,12-13H2,1-4H3. The molecule has 0 aliphatic heterocycles. The maximum Gasteiger partial charge on any atom is 0.121 e. The van der Waals surface area contributed by atoms with Crippen LogP contribution in [0.3, 0.4) is 0 Å². The monoisotopic (exact) mass is 275 g/mol. The number of anilines is 1. The Hall–Kier alpha value is -1.18. The molecule has 1 aliphatic rings. The molecule has 1 aromatic rings. The summed E-state index contributed by atoms with van der Waals surface area (Å²) >= 11 is 0. The predicted octanol–water partition coefficient (Wildman–Crippen LogP) is 5.10. The van der Waals surface area contributed by atoms with E-state index in [9.17, 15) is 0 Å². The maximum atomic E-state index is 5.71. The highest BCUT2D eigenvalue weighted by atomic mass is 16.5. The van der Waals surface area contributed by atoms with Crippen molar-refractivity contribution in [1.29, 1.82) is 0 Å². The molecule has 0 radical (unpaired) electrons. The molecule has 0 bridgehead atoms. The molecule has 2 nitrogen and oxygen atoms in total. The molecule has 1 aromatic carbocycles. The van der Waals surface area contributed by atoms with Gasteiger partial charge >= 0.3 is 0 Å². The minimum atomic E-state index is 0.450. The zero-order valence-corrected chi connectivity index (χ0v) is 13.4. The first-order valence-corrected chi connectivity index (χ1v) is 7.98. The van der Waals surface area contributed by atoms with Gasteiger partial charge < -0.3 is 10.1 Å². The van der Waals surface area contributed by atoms with Gasteiger partial charge in [-0.15, -0.1) is 0 Å². The van der Waals surface area contributed by atoms with Gasteiger partial charge in [0.1, 0.15) is 5.75 Å². The Bertz CT molecular complexity index is 427. The van der Waals surface area contributed by atoms with Crippen LogP contribution < -0.4 is 10.1 Å². The van der Waals surface area contributed by atoms with Gasteiger partial charge in [-0.25, -0.2) is 0 Å². The number of hydrogen-bond acceptors (Lipinski definition) is 2. The van der Waals surface area contributed by atoms with Crippen molar-refractivity contribution in [2.75, 3.05) is 11.9 Å². The molecule has 2 unspecified atom stereocenters. The van der Waals surface area contributed by atoms with Crippen molar-refractivity contribution >= 4 is 5.69 Å². The first-order valence-electron chi connectivity index (χ1n) is 7.98. The van der Waals surface area contributed by atoms with Crippen LogP contribution in [0.1, 0.15) is 53.4 Å². The van der Waals surface area contributed by atoms with Gasteiger partial charge in [-0.05, 0) is 49.1 Å². The van der Waals surface area contributed by atoms with Crippen LogP contribution in [-0.4, -0.2) is 12.6 Å². The van der Waals surface area contributed by atoms with E-state index in [0.717, 1.165) is 24.7 Å². The molecule has 20 heavy (non-hydrogen) atoms. The average molecular weight is 275 g/mol. The van der Waals surface area contributed by atoms with E-state index in [-0.39, 0.29) is 0 Å². The summed E-state index contributed by atoms with van der Waals surface area (Å²) in [4.78, 5) is 0. The Kier molecular flexibility index (Phi) is 4.95. The normalized spacial score (nSPS) is 25.2. The minimum Gasteiger partial charge on any atom is -0.494 e. The summed E-state index contributed by atoms with van der Waals surface area (Å²) in [7, 11) is 0. The van der Waals surface area contributed by atoms with Gasteiger partial charge in [-0.3, -0.25) is 0 Å². The lowest BCUT2D eigenvalue weighted by Gasteiger charge is -2.39. The van der Waals surface area contributed by atoms with E-state index < -0.39 is 0 Å². The van der Waals surface area contributed by atoms with Gasteiger partial charge in [0.2, 0.25) is 0 Å². The minimum absolute atomic E-state index is 0.450. The van der Waals surface area contributed by atoms with Crippen molar-refractivity contribution in [2.45, 2.75) is 59.4 Å². The van der Waals surface area contributed by atoms with E-state index in [1.807, 2.05) is 6.07 Å². The number of ether oxygens (including phenoxy) is 1. The van der Waals surface area contributed by atoms with Crippen LogP contribution in [0.25, 0.3) is 0 Å². The van der Waals surface area contributed by atoms with Gasteiger partial charge in [0.15, 0.2) is 0 Å². The second-order valence-electron chi connectivity index (χ2n) is 7.13. The quantitative estimate of drug-likeness (QED) is 0.807. The largest absolute Gasteiger partial charge is 0.494 e. The highest BCUT2D eigenvalue weighted by molar-refractivity contribution is 5.49. The molecule has 1 N–H and O–H groups in total. The van der Waals surface area contributed by atoms with Crippen molar-refractivity contribution in [2.24, 2.45) is 11.3 Å². The number of nitrogens with one attached hydrogen (secondary N) is 1. The second kappa shape index (κ2) is 6.51. The van der Waals surface area contributed by atoms with Crippen LogP contribution in [0, 0.1) is 11.3 Å². The first-order chi connectivity index (χ1) is 9.48. The van der Waals surface area contributed by atoms with Crippen LogP contribution in [0.5, 0.6) is 5.75 Å². The molecule has 0 spiro atoms. The van der Waals surface area contributed by atoms with Crippen molar-refractivity contribution in [3.05, 3.63) is 24.3 Å². The van der Waals surface area contributed by atoms with Crippen LogP contribution in [0.4, 0.5) is 5.69 Å². The van der Waals surface area contributed by atoms with Gasteiger partial charge in [-0.1, -0.05) is 33.8 Å². The lowest BCUT2D eigenvalue weighted by atomic mass is 9.70. The summed E-state index contributed by atoms with van der Waals surface area (Å²) in [5.41, 5.74) is 1.64. The Morgan fingerprint density at radius 2 is 2.10 bits per heavy atom. The Balaban J connectivity index is 1.98. The molecule has 2 atom stereocenters. The molecule has 0 heterocycles. The van der Waals surface area contributed by atoms with E-state index in [1.54, 1.807) is 0 Å². The first kappa shape index (κ1) is 15.2. The zero-order chi connectivity index (χ0) is 14.6. The lowest BCUT2D eigenvalue weighted by Crippen LogP contribution is -2.35. The van der Waals surface area contributed by atoms with Crippen LogP contribution in [-0.2, 0) is 0 Å². The fraction of sp³-hybridized carbons (Fsp3) is 0.667. The molecule has 1 saturated carbocycles. The highest BCUT2D eigenvalue weighted by Gasteiger charge is 2.31. The van der Waals surface area contributed by atoms with E-state index in [0.29, 0.717) is 11.5 Å². The number of benzene rings is 1. The third-order valence-electron chi connectivity index (χ3n) is 4.06. The van der Waals surface area contributed by atoms with E-state index >= 15 is 0 Å². The fourth-order valence-corrected chi connectivity index (χ4v) is 3.59. The van der Waals surface area contributed by atoms with Crippen LogP contribution in [0.2, 0.25) is 0 Å². The summed E-state index contributed by atoms with van der Waals surface area (Å²) in [6.45, 7) is 10.1. The summed E-state index contributed by atoms with van der Waals surface area (Å²) in [6.07, 6.45) is 4.90. The molecular formula is C18H29NO. The van der Waals surface area contributed by atoms with Gasteiger partial charge in [0, 0.05) is 17.8 Å². The van der Waals surface area contributed by atoms with E-state index in [4.69, 9.17) is 4.74 Å². The Morgan fingerprint density at radius 1 is 1.30 bits per heavy atom. The molecule has 112 valence electrons. The summed E-state index contributed by atoms with van der Waals surface area (Å²) in [5.74, 6) is 1.77. The lowest BCUT2D eigenvalue weighted by molar-refractivity contribution is 0.178. The van der Waals surface area contributed by atoms with Crippen LogP contribution in [0.15, 0.2) is 24.3 Å². The van der Waals surface area contributed by atoms with Crippen molar-refractivity contribution in [1.82, 2.24) is 0 Å². The number of rotatable bonds is 5. The molecule has 0 amide bonds.